The van der Waals surface area contributed by atoms with Crippen molar-refractivity contribution in [2.24, 2.45) is 0 Å². The zero-order valence-corrected chi connectivity index (χ0v) is 12.2. The molecule has 0 aliphatic heterocycles. The van der Waals surface area contributed by atoms with Crippen LogP contribution in [-0.2, 0) is 11.3 Å². The fourth-order valence-electron chi connectivity index (χ4n) is 1.99. The number of rotatable bonds is 6. The van der Waals surface area contributed by atoms with Gasteiger partial charge in [-0.3, -0.25) is 14.2 Å². The number of aryl methyl sites for hydroxylation is 3. The Kier molecular flexibility index (Phi) is 4.55. The van der Waals surface area contributed by atoms with Crippen LogP contribution in [0.15, 0.2) is 24.7 Å². The number of aromatic nitrogens is 4. The third-order valence-corrected chi connectivity index (χ3v) is 3.28. The Morgan fingerprint density at radius 1 is 1.40 bits per heavy atom. The van der Waals surface area contributed by atoms with Gasteiger partial charge in [0.1, 0.15) is 6.04 Å². The molecule has 108 valence electrons. The van der Waals surface area contributed by atoms with E-state index in [1.54, 1.807) is 17.1 Å². The van der Waals surface area contributed by atoms with Gasteiger partial charge in [0.15, 0.2) is 0 Å². The number of nitrogens with zero attached hydrogens (tertiary/aromatic N) is 4. The maximum Gasteiger partial charge on any atom is 0.244 e. The van der Waals surface area contributed by atoms with Gasteiger partial charge in [-0.25, -0.2) is 0 Å². The molecule has 1 unspecified atom stereocenters. The van der Waals surface area contributed by atoms with Gasteiger partial charge in [0.2, 0.25) is 5.91 Å². The summed E-state index contributed by atoms with van der Waals surface area (Å²) in [6, 6.07) is 1.69. The molecule has 2 heterocycles. The van der Waals surface area contributed by atoms with Crippen LogP contribution in [-0.4, -0.2) is 32.0 Å². The molecular weight excluding hydrogens is 254 g/mol. The third-order valence-electron chi connectivity index (χ3n) is 3.28. The number of amides is 1. The Balaban J connectivity index is 1.74. The van der Waals surface area contributed by atoms with E-state index in [0.717, 1.165) is 24.2 Å². The smallest absolute Gasteiger partial charge is 0.244 e. The lowest BCUT2D eigenvalue weighted by Crippen LogP contribution is -2.32. The van der Waals surface area contributed by atoms with Crippen molar-refractivity contribution in [3.05, 3.63) is 35.9 Å². The fourth-order valence-corrected chi connectivity index (χ4v) is 1.99. The first kappa shape index (κ1) is 14.3. The number of nitrogens with one attached hydrogen (secondary N) is 1. The highest BCUT2D eigenvalue weighted by atomic mass is 16.2. The van der Waals surface area contributed by atoms with Crippen molar-refractivity contribution in [1.29, 1.82) is 0 Å². The number of carbonyl (C=O) groups excluding carboxylic acids is 1. The van der Waals surface area contributed by atoms with Crippen LogP contribution in [0.3, 0.4) is 0 Å². The average molecular weight is 275 g/mol. The Morgan fingerprint density at radius 2 is 2.20 bits per heavy atom. The first-order valence-electron chi connectivity index (χ1n) is 6.85. The zero-order valence-electron chi connectivity index (χ0n) is 12.2. The lowest BCUT2D eigenvalue weighted by Gasteiger charge is -2.12. The van der Waals surface area contributed by atoms with E-state index in [0.29, 0.717) is 6.54 Å². The molecule has 0 bridgehead atoms. The minimum Gasteiger partial charge on any atom is -0.354 e. The lowest BCUT2D eigenvalue weighted by atomic mass is 10.3. The summed E-state index contributed by atoms with van der Waals surface area (Å²) in [5.41, 5.74) is 2.19. The number of hydrogen-bond acceptors (Lipinski definition) is 3. The van der Waals surface area contributed by atoms with Crippen molar-refractivity contribution in [3.8, 4) is 0 Å². The first-order valence-corrected chi connectivity index (χ1v) is 6.85. The lowest BCUT2D eigenvalue weighted by molar-refractivity contribution is -0.124. The highest BCUT2D eigenvalue weighted by molar-refractivity contribution is 5.79. The molecule has 20 heavy (non-hydrogen) atoms. The second-order valence-electron chi connectivity index (χ2n) is 5.01. The van der Waals surface area contributed by atoms with Gasteiger partial charge in [-0.15, -0.1) is 0 Å². The largest absolute Gasteiger partial charge is 0.354 e. The van der Waals surface area contributed by atoms with Crippen LogP contribution in [0, 0.1) is 13.8 Å². The fraction of sp³-hybridized carbons (Fsp3) is 0.500. The van der Waals surface area contributed by atoms with Gasteiger partial charge in [-0.1, -0.05) is 0 Å². The molecule has 6 heteroatoms. The standard InChI is InChI=1S/C14H21N5O/c1-11-9-17-19(10-11)13(3)14(20)15-6-4-8-18-12(2)5-7-16-18/h5,7,9-10,13H,4,6,8H2,1-3H3,(H,15,20). The molecule has 0 aliphatic rings. The van der Waals surface area contributed by atoms with E-state index in [2.05, 4.69) is 15.5 Å². The van der Waals surface area contributed by atoms with Gasteiger partial charge in [0.25, 0.3) is 0 Å². The van der Waals surface area contributed by atoms with Crippen LogP contribution in [0.25, 0.3) is 0 Å². The highest BCUT2D eigenvalue weighted by Gasteiger charge is 2.14. The Bertz CT molecular complexity index is 572. The van der Waals surface area contributed by atoms with Crippen molar-refractivity contribution in [3.63, 3.8) is 0 Å². The average Bonchev–Trinajstić information content (AvgIpc) is 3.03. The number of hydrogen-bond donors (Lipinski definition) is 1. The number of carbonyl (C=O) groups is 1. The topological polar surface area (TPSA) is 64.7 Å². The van der Waals surface area contributed by atoms with E-state index in [-0.39, 0.29) is 11.9 Å². The molecular formula is C14H21N5O. The maximum absolute atomic E-state index is 12.0. The Morgan fingerprint density at radius 3 is 2.80 bits per heavy atom. The molecule has 2 rings (SSSR count). The molecule has 0 saturated heterocycles. The quantitative estimate of drug-likeness (QED) is 0.812. The molecule has 0 radical (unpaired) electrons. The van der Waals surface area contributed by atoms with Gasteiger partial charge in [-0.05, 0) is 38.8 Å². The van der Waals surface area contributed by atoms with Crippen LogP contribution in [0.4, 0.5) is 0 Å². The van der Waals surface area contributed by atoms with Crippen LogP contribution >= 0.6 is 0 Å². The van der Waals surface area contributed by atoms with Crippen LogP contribution in [0.5, 0.6) is 0 Å². The summed E-state index contributed by atoms with van der Waals surface area (Å²) in [6.07, 6.45) is 6.27. The minimum absolute atomic E-state index is 0.00899. The molecule has 0 fully saturated rings. The van der Waals surface area contributed by atoms with E-state index in [9.17, 15) is 4.79 Å². The van der Waals surface area contributed by atoms with E-state index in [1.165, 1.54) is 0 Å². The van der Waals surface area contributed by atoms with Crippen molar-refractivity contribution >= 4 is 5.91 Å². The van der Waals surface area contributed by atoms with E-state index in [4.69, 9.17) is 0 Å². The van der Waals surface area contributed by atoms with Crippen LogP contribution in [0.1, 0.15) is 30.6 Å². The predicted molar refractivity (Wildman–Crippen MR) is 76.3 cm³/mol. The SMILES string of the molecule is Cc1cnn(C(C)C(=O)NCCCn2nccc2C)c1. The van der Waals surface area contributed by atoms with E-state index < -0.39 is 0 Å². The first-order chi connectivity index (χ1) is 9.58. The van der Waals surface area contributed by atoms with Gasteiger partial charge in [0.05, 0.1) is 6.20 Å². The van der Waals surface area contributed by atoms with Crippen molar-refractivity contribution in [2.45, 2.75) is 39.8 Å². The Hall–Kier alpha value is -2.11. The molecule has 1 amide bonds. The van der Waals surface area contributed by atoms with Crippen LogP contribution < -0.4 is 5.32 Å². The monoisotopic (exact) mass is 275 g/mol. The summed E-state index contributed by atoms with van der Waals surface area (Å²) in [5, 5.41) is 11.3. The van der Waals surface area contributed by atoms with Crippen LogP contribution in [0.2, 0.25) is 0 Å². The molecule has 2 aromatic rings. The molecule has 1 N–H and O–H groups in total. The molecule has 6 nitrogen and oxygen atoms in total. The summed E-state index contributed by atoms with van der Waals surface area (Å²) in [6.45, 7) is 7.28. The zero-order chi connectivity index (χ0) is 14.5. The normalized spacial score (nSPS) is 12.3. The molecule has 2 aromatic heterocycles. The van der Waals surface area contributed by atoms with Crippen molar-refractivity contribution in [2.75, 3.05) is 6.54 Å². The van der Waals surface area contributed by atoms with E-state index in [1.807, 2.05) is 37.7 Å². The molecule has 1 atom stereocenters. The van der Waals surface area contributed by atoms with Gasteiger partial charge in [-0.2, -0.15) is 10.2 Å². The molecule has 0 aromatic carbocycles. The van der Waals surface area contributed by atoms with E-state index >= 15 is 0 Å². The Labute approximate surface area is 118 Å². The second kappa shape index (κ2) is 6.36. The van der Waals surface area contributed by atoms with Crippen molar-refractivity contribution < 1.29 is 4.79 Å². The van der Waals surface area contributed by atoms with Gasteiger partial charge in [0, 0.05) is 31.2 Å². The van der Waals surface area contributed by atoms with Crippen molar-refractivity contribution in [1.82, 2.24) is 24.9 Å². The summed E-state index contributed by atoms with van der Waals surface area (Å²) >= 11 is 0. The predicted octanol–water partition coefficient (Wildman–Crippen LogP) is 1.46. The molecule has 0 aliphatic carbocycles. The minimum atomic E-state index is -0.282. The molecule has 0 spiro atoms. The summed E-state index contributed by atoms with van der Waals surface area (Å²) < 4.78 is 3.62. The molecule has 0 saturated carbocycles. The van der Waals surface area contributed by atoms with Gasteiger partial charge < -0.3 is 5.32 Å². The maximum atomic E-state index is 12.0. The van der Waals surface area contributed by atoms with Gasteiger partial charge >= 0.3 is 0 Å². The summed E-state index contributed by atoms with van der Waals surface area (Å²) in [4.78, 5) is 12.0. The second-order valence-corrected chi connectivity index (χ2v) is 5.01. The third kappa shape index (κ3) is 3.46. The summed E-state index contributed by atoms with van der Waals surface area (Å²) in [5.74, 6) is -0.00899. The highest BCUT2D eigenvalue weighted by Crippen LogP contribution is 2.06. The summed E-state index contributed by atoms with van der Waals surface area (Å²) in [7, 11) is 0.